The largest absolute Gasteiger partial charge is 0.482 e. The molecule has 0 saturated heterocycles. The Morgan fingerprint density at radius 2 is 1.55 bits per heavy atom. The first kappa shape index (κ1) is 26.6. The molecule has 0 aliphatic carbocycles. The van der Waals surface area contributed by atoms with Crippen LogP contribution in [0.15, 0.2) is 109 Å². The van der Waals surface area contributed by atoms with Crippen LogP contribution in [0.1, 0.15) is 45.8 Å². The Labute approximate surface area is 223 Å². The van der Waals surface area contributed by atoms with Gasteiger partial charge in [0.15, 0.2) is 6.61 Å². The third kappa shape index (κ3) is 7.77. The van der Waals surface area contributed by atoms with E-state index in [1.165, 1.54) is 11.1 Å². The number of ether oxygens (including phenoxy) is 1. The third-order valence-corrected chi connectivity index (χ3v) is 6.44. The summed E-state index contributed by atoms with van der Waals surface area (Å²) in [5.74, 6) is -0.341. The zero-order valence-corrected chi connectivity index (χ0v) is 21.3. The number of hydrogen-bond acceptors (Lipinski definition) is 4. The van der Waals surface area contributed by atoms with Gasteiger partial charge >= 0.3 is 5.97 Å². The fourth-order valence-corrected chi connectivity index (χ4v) is 4.58. The van der Waals surface area contributed by atoms with Crippen LogP contribution in [0.3, 0.4) is 0 Å². The summed E-state index contributed by atoms with van der Waals surface area (Å²) in [7, 11) is 0. The molecule has 6 heteroatoms. The van der Waals surface area contributed by atoms with Gasteiger partial charge in [-0.1, -0.05) is 72.8 Å². The van der Waals surface area contributed by atoms with Crippen molar-refractivity contribution in [3.8, 4) is 5.75 Å². The van der Waals surface area contributed by atoms with Crippen molar-refractivity contribution in [2.24, 2.45) is 0 Å². The number of rotatable bonds is 13. The molecule has 0 radical (unpaired) electrons. The number of aliphatic carboxylic acids is 1. The minimum atomic E-state index is -1.01. The van der Waals surface area contributed by atoms with Crippen molar-refractivity contribution in [1.82, 2.24) is 9.88 Å². The number of aryl methyl sites for hydroxylation is 1. The van der Waals surface area contributed by atoms with Crippen LogP contribution in [-0.4, -0.2) is 46.6 Å². The van der Waals surface area contributed by atoms with E-state index < -0.39 is 5.97 Å². The van der Waals surface area contributed by atoms with Crippen LogP contribution in [0, 0.1) is 0 Å². The molecule has 4 rings (SSSR count). The van der Waals surface area contributed by atoms with E-state index in [0.29, 0.717) is 24.4 Å². The molecule has 0 aliphatic rings. The number of aromatic nitrogens is 1. The highest BCUT2D eigenvalue weighted by molar-refractivity contribution is 5.93. The molecule has 4 aromatic rings. The number of carboxylic acid groups (broad SMARTS) is 1. The zero-order valence-electron chi connectivity index (χ0n) is 21.3. The molecule has 0 aliphatic heterocycles. The molecule has 6 nitrogen and oxygen atoms in total. The van der Waals surface area contributed by atoms with Gasteiger partial charge in [-0.3, -0.25) is 9.78 Å². The average Bonchev–Trinajstić information content (AvgIpc) is 2.97. The lowest BCUT2D eigenvalue weighted by molar-refractivity contribution is -0.139. The number of carbonyl (C=O) groups is 2. The summed E-state index contributed by atoms with van der Waals surface area (Å²) in [5, 5.41) is 8.86. The second-order valence-electron chi connectivity index (χ2n) is 9.13. The molecule has 1 aromatic heterocycles. The predicted octanol–water partition coefficient (Wildman–Crippen LogP) is 5.84. The van der Waals surface area contributed by atoms with Crippen molar-refractivity contribution in [3.05, 3.63) is 132 Å². The quantitative estimate of drug-likeness (QED) is 0.245. The normalized spacial score (nSPS) is 10.8. The minimum absolute atomic E-state index is 0.0310. The lowest BCUT2D eigenvalue weighted by atomic mass is 9.88. The molecule has 3 aromatic carbocycles. The highest BCUT2D eigenvalue weighted by atomic mass is 16.5. The lowest BCUT2D eigenvalue weighted by Crippen LogP contribution is -2.34. The molecular weight excluding hydrogens is 476 g/mol. The fourth-order valence-electron chi connectivity index (χ4n) is 4.58. The topological polar surface area (TPSA) is 79.7 Å². The molecule has 38 heavy (non-hydrogen) atoms. The first-order chi connectivity index (χ1) is 18.6. The van der Waals surface area contributed by atoms with Gasteiger partial charge in [0.25, 0.3) is 5.91 Å². The maximum absolute atomic E-state index is 13.5. The van der Waals surface area contributed by atoms with E-state index in [1.807, 2.05) is 35.2 Å². The number of amides is 1. The van der Waals surface area contributed by atoms with Crippen LogP contribution < -0.4 is 4.74 Å². The van der Waals surface area contributed by atoms with Crippen molar-refractivity contribution < 1.29 is 19.4 Å². The summed E-state index contributed by atoms with van der Waals surface area (Å²) in [6.07, 6.45) is 5.57. The SMILES string of the molecule is O=C(O)COc1cccc(CCCN(CCC(c2ccccc2)c2ccccc2)C(=O)c2cccnc2)c1. The summed E-state index contributed by atoms with van der Waals surface area (Å²) in [6.45, 7) is 0.815. The summed E-state index contributed by atoms with van der Waals surface area (Å²) in [5.41, 5.74) is 4.07. The van der Waals surface area contributed by atoms with E-state index in [2.05, 4.69) is 53.5 Å². The predicted molar refractivity (Wildman–Crippen MR) is 147 cm³/mol. The van der Waals surface area contributed by atoms with Crippen LogP contribution in [0.5, 0.6) is 5.75 Å². The molecule has 1 heterocycles. The molecular formula is C32H32N2O4. The number of pyridine rings is 1. The Bertz CT molecular complexity index is 1260. The maximum atomic E-state index is 13.5. The molecule has 1 amide bonds. The van der Waals surface area contributed by atoms with E-state index in [4.69, 9.17) is 9.84 Å². The Balaban J connectivity index is 1.47. The average molecular weight is 509 g/mol. The van der Waals surface area contributed by atoms with Crippen LogP contribution in [0.25, 0.3) is 0 Å². The van der Waals surface area contributed by atoms with E-state index in [1.54, 1.807) is 30.6 Å². The second kappa shape index (κ2) is 13.7. The zero-order chi connectivity index (χ0) is 26.6. The summed E-state index contributed by atoms with van der Waals surface area (Å²) < 4.78 is 5.31. The highest BCUT2D eigenvalue weighted by Crippen LogP contribution is 2.28. The Hall–Kier alpha value is -4.45. The summed E-state index contributed by atoms with van der Waals surface area (Å²) in [4.78, 5) is 30.4. The van der Waals surface area contributed by atoms with Gasteiger partial charge in [-0.15, -0.1) is 0 Å². The summed E-state index contributed by atoms with van der Waals surface area (Å²) >= 11 is 0. The molecule has 0 atom stereocenters. The molecule has 0 fully saturated rings. The smallest absolute Gasteiger partial charge is 0.341 e. The number of benzene rings is 3. The Morgan fingerprint density at radius 3 is 2.18 bits per heavy atom. The van der Waals surface area contributed by atoms with Crippen LogP contribution in [0.2, 0.25) is 0 Å². The second-order valence-corrected chi connectivity index (χ2v) is 9.13. The van der Waals surface area contributed by atoms with Crippen molar-refractivity contribution in [2.75, 3.05) is 19.7 Å². The highest BCUT2D eigenvalue weighted by Gasteiger charge is 2.20. The Morgan fingerprint density at radius 1 is 0.842 bits per heavy atom. The van der Waals surface area contributed by atoms with Crippen molar-refractivity contribution >= 4 is 11.9 Å². The molecule has 0 saturated carbocycles. The van der Waals surface area contributed by atoms with E-state index in [0.717, 1.165) is 24.8 Å². The standard InChI is InChI=1S/C32H32N2O4/c35-31(36)24-38-29-17-7-10-25(22-29)11-9-20-34(32(37)28-16-8-19-33-23-28)21-18-30(26-12-3-1-4-13-26)27-14-5-2-6-15-27/h1-8,10,12-17,19,22-23,30H,9,11,18,20-21,24H2,(H,35,36). The minimum Gasteiger partial charge on any atom is -0.482 e. The first-order valence-corrected chi connectivity index (χ1v) is 12.8. The molecule has 1 N–H and O–H groups in total. The van der Waals surface area contributed by atoms with Gasteiger partial charge in [-0.2, -0.15) is 0 Å². The Kier molecular flexibility index (Phi) is 9.63. The monoisotopic (exact) mass is 508 g/mol. The number of hydrogen-bond donors (Lipinski definition) is 1. The molecule has 0 unspecified atom stereocenters. The molecule has 0 spiro atoms. The lowest BCUT2D eigenvalue weighted by Gasteiger charge is -2.26. The molecule has 194 valence electrons. The van der Waals surface area contributed by atoms with Gasteiger partial charge < -0.3 is 14.7 Å². The first-order valence-electron chi connectivity index (χ1n) is 12.8. The van der Waals surface area contributed by atoms with Crippen molar-refractivity contribution in [2.45, 2.75) is 25.2 Å². The maximum Gasteiger partial charge on any atom is 0.341 e. The van der Waals surface area contributed by atoms with Crippen molar-refractivity contribution in [1.29, 1.82) is 0 Å². The van der Waals surface area contributed by atoms with Gasteiger partial charge in [0, 0.05) is 31.4 Å². The van der Waals surface area contributed by atoms with E-state index in [-0.39, 0.29) is 18.4 Å². The number of nitrogens with zero attached hydrogens (tertiary/aromatic N) is 2. The van der Waals surface area contributed by atoms with E-state index in [9.17, 15) is 9.59 Å². The summed E-state index contributed by atoms with van der Waals surface area (Å²) in [6, 6.07) is 31.9. The van der Waals surface area contributed by atoms with Gasteiger partial charge in [0.2, 0.25) is 0 Å². The number of carbonyl (C=O) groups excluding carboxylic acids is 1. The van der Waals surface area contributed by atoms with Crippen LogP contribution in [0.4, 0.5) is 0 Å². The van der Waals surface area contributed by atoms with Crippen LogP contribution in [-0.2, 0) is 11.2 Å². The van der Waals surface area contributed by atoms with Gasteiger partial charge in [0.1, 0.15) is 5.75 Å². The number of carboxylic acids is 1. The van der Waals surface area contributed by atoms with Crippen molar-refractivity contribution in [3.63, 3.8) is 0 Å². The van der Waals surface area contributed by atoms with Crippen LogP contribution >= 0.6 is 0 Å². The van der Waals surface area contributed by atoms with E-state index >= 15 is 0 Å². The molecule has 0 bridgehead atoms. The van der Waals surface area contributed by atoms with Gasteiger partial charge in [-0.25, -0.2) is 4.79 Å². The van der Waals surface area contributed by atoms with Gasteiger partial charge in [0.05, 0.1) is 5.56 Å². The fraction of sp³-hybridized carbons (Fsp3) is 0.219. The van der Waals surface area contributed by atoms with Gasteiger partial charge in [-0.05, 0) is 60.2 Å². The third-order valence-electron chi connectivity index (χ3n) is 6.44.